The molecule has 2 aromatic rings. The summed E-state index contributed by atoms with van der Waals surface area (Å²) >= 11 is 12.0. The Hall–Kier alpha value is -2.68. The molecule has 0 aromatic heterocycles. The molecule has 0 atom stereocenters. The summed E-state index contributed by atoms with van der Waals surface area (Å²) < 4.78 is 10.9. The van der Waals surface area contributed by atoms with Crippen LogP contribution in [0.1, 0.15) is 22.8 Å². The Morgan fingerprint density at radius 1 is 1.27 bits per heavy atom. The van der Waals surface area contributed by atoms with Gasteiger partial charge < -0.3 is 9.47 Å². The van der Waals surface area contributed by atoms with Gasteiger partial charge in [0.15, 0.2) is 11.5 Å². The summed E-state index contributed by atoms with van der Waals surface area (Å²) in [5.41, 5.74) is 3.50. The van der Waals surface area contributed by atoms with Gasteiger partial charge in [-0.05, 0) is 48.9 Å². The molecule has 0 saturated carbocycles. The number of hydrogen-bond donors (Lipinski definition) is 1. The number of ether oxygens (including phenoxy) is 2. The van der Waals surface area contributed by atoms with Crippen molar-refractivity contribution in [3.8, 4) is 23.8 Å². The third-order valence-electron chi connectivity index (χ3n) is 3.12. The van der Waals surface area contributed by atoms with E-state index < -0.39 is 0 Å². The number of hydrogen-bond acceptors (Lipinski definition) is 4. The second-order valence-electron chi connectivity index (χ2n) is 4.96. The highest BCUT2D eigenvalue weighted by Crippen LogP contribution is 2.36. The highest BCUT2D eigenvalue weighted by molar-refractivity contribution is 6.32. The summed E-state index contributed by atoms with van der Waals surface area (Å²) in [4.78, 5) is 12.0. The highest BCUT2D eigenvalue weighted by atomic mass is 35.5. The maximum atomic E-state index is 12.0. The predicted molar refractivity (Wildman–Crippen MR) is 103 cm³/mol. The van der Waals surface area contributed by atoms with Crippen molar-refractivity contribution in [1.82, 2.24) is 5.43 Å². The molecule has 134 valence electrons. The van der Waals surface area contributed by atoms with Gasteiger partial charge in [0, 0.05) is 10.6 Å². The van der Waals surface area contributed by atoms with Gasteiger partial charge in [-0.25, -0.2) is 5.43 Å². The smallest absolute Gasteiger partial charge is 0.271 e. The Bertz CT molecular complexity index is 843. The van der Waals surface area contributed by atoms with Crippen molar-refractivity contribution in [2.45, 2.75) is 6.92 Å². The van der Waals surface area contributed by atoms with Crippen molar-refractivity contribution < 1.29 is 14.3 Å². The second kappa shape index (κ2) is 9.71. The van der Waals surface area contributed by atoms with Crippen molar-refractivity contribution in [2.75, 3.05) is 13.2 Å². The van der Waals surface area contributed by atoms with Gasteiger partial charge in [-0.2, -0.15) is 5.10 Å². The largest absolute Gasteiger partial charge is 0.490 e. The summed E-state index contributed by atoms with van der Waals surface area (Å²) in [6.07, 6.45) is 6.65. The SMILES string of the molecule is C#CCOc1c(Cl)cc(/C=N/NC(=O)c2ccc(Cl)cc2)cc1OCC. The fourth-order valence-corrected chi connectivity index (χ4v) is 2.41. The summed E-state index contributed by atoms with van der Waals surface area (Å²) in [6, 6.07) is 9.79. The number of hydrazone groups is 1. The quantitative estimate of drug-likeness (QED) is 0.438. The van der Waals surface area contributed by atoms with Crippen LogP contribution in [0.5, 0.6) is 11.5 Å². The molecule has 7 heteroatoms. The molecule has 1 N–H and O–H groups in total. The second-order valence-corrected chi connectivity index (χ2v) is 5.81. The van der Waals surface area contributed by atoms with Crippen LogP contribution < -0.4 is 14.9 Å². The minimum atomic E-state index is -0.358. The lowest BCUT2D eigenvalue weighted by Gasteiger charge is -2.12. The lowest BCUT2D eigenvalue weighted by Crippen LogP contribution is -2.17. The van der Waals surface area contributed by atoms with Gasteiger partial charge in [-0.3, -0.25) is 4.79 Å². The molecule has 1 amide bonds. The van der Waals surface area contributed by atoms with E-state index >= 15 is 0 Å². The van der Waals surface area contributed by atoms with Gasteiger partial charge in [-0.15, -0.1) is 6.42 Å². The maximum absolute atomic E-state index is 12.0. The molecule has 0 unspecified atom stereocenters. The number of terminal acetylenes is 1. The summed E-state index contributed by atoms with van der Waals surface area (Å²) in [5.74, 6) is 2.83. The fourth-order valence-electron chi connectivity index (χ4n) is 2.01. The van der Waals surface area contributed by atoms with Crippen molar-refractivity contribution in [2.24, 2.45) is 5.10 Å². The van der Waals surface area contributed by atoms with Crippen LogP contribution in [0.25, 0.3) is 0 Å². The van der Waals surface area contributed by atoms with Crippen LogP contribution in [0.3, 0.4) is 0 Å². The summed E-state index contributed by atoms with van der Waals surface area (Å²) in [5, 5.41) is 4.81. The van der Waals surface area contributed by atoms with E-state index in [4.69, 9.17) is 39.1 Å². The van der Waals surface area contributed by atoms with E-state index in [1.807, 2.05) is 6.92 Å². The van der Waals surface area contributed by atoms with Crippen LogP contribution in [-0.4, -0.2) is 25.3 Å². The Morgan fingerprint density at radius 2 is 2.00 bits per heavy atom. The first kappa shape index (κ1) is 19.6. The molecule has 2 aromatic carbocycles. The van der Waals surface area contributed by atoms with Crippen LogP contribution in [0.4, 0.5) is 0 Å². The number of carbonyl (C=O) groups is 1. The summed E-state index contributed by atoms with van der Waals surface area (Å²) in [6.45, 7) is 2.34. The minimum Gasteiger partial charge on any atom is -0.490 e. The number of rotatable bonds is 7. The number of benzene rings is 2. The van der Waals surface area contributed by atoms with Gasteiger partial charge in [-0.1, -0.05) is 29.1 Å². The molecular formula is C19H16Cl2N2O3. The molecule has 0 saturated heterocycles. The molecule has 26 heavy (non-hydrogen) atoms. The zero-order valence-corrected chi connectivity index (χ0v) is 15.5. The molecule has 0 bridgehead atoms. The number of carbonyl (C=O) groups excluding carboxylic acids is 1. The van der Waals surface area contributed by atoms with Crippen molar-refractivity contribution >= 4 is 35.3 Å². The van der Waals surface area contributed by atoms with Crippen LogP contribution in [0.15, 0.2) is 41.5 Å². The van der Waals surface area contributed by atoms with Gasteiger partial charge in [0.25, 0.3) is 5.91 Å². The number of nitrogens with one attached hydrogen (secondary N) is 1. The van der Waals surface area contributed by atoms with Crippen LogP contribution in [0.2, 0.25) is 10.0 Å². The third kappa shape index (κ3) is 5.41. The van der Waals surface area contributed by atoms with E-state index in [-0.39, 0.29) is 12.5 Å². The number of nitrogens with zero attached hydrogens (tertiary/aromatic N) is 1. The Labute approximate surface area is 161 Å². The lowest BCUT2D eigenvalue weighted by molar-refractivity contribution is 0.0955. The fraction of sp³-hybridized carbons (Fsp3) is 0.158. The van der Waals surface area contributed by atoms with Crippen LogP contribution in [0, 0.1) is 12.3 Å². The molecule has 0 aliphatic rings. The molecule has 5 nitrogen and oxygen atoms in total. The topological polar surface area (TPSA) is 59.9 Å². The minimum absolute atomic E-state index is 0.0738. The van der Waals surface area contributed by atoms with E-state index in [0.717, 1.165) is 0 Å². The molecule has 0 fully saturated rings. The monoisotopic (exact) mass is 390 g/mol. The molecule has 0 heterocycles. The van der Waals surface area contributed by atoms with E-state index in [2.05, 4.69) is 16.4 Å². The molecule has 2 rings (SSSR count). The molecule has 0 radical (unpaired) electrons. The zero-order chi connectivity index (χ0) is 18.9. The third-order valence-corrected chi connectivity index (χ3v) is 3.65. The average molecular weight is 391 g/mol. The van der Waals surface area contributed by atoms with E-state index in [9.17, 15) is 4.79 Å². The van der Waals surface area contributed by atoms with Crippen molar-refractivity contribution in [1.29, 1.82) is 0 Å². The first-order valence-electron chi connectivity index (χ1n) is 7.66. The van der Waals surface area contributed by atoms with Gasteiger partial charge >= 0.3 is 0 Å². The Kier molecular flexibility index (Phi) is 7.34. The maximum Gasteiger partial charge on any atom is 0.271 e. The normalized spacial score (nSPS) is 10.4. The van der Waals surface area contributed by atoms with E-state index in [1.54, 1.807) is 36.4 Å². The zero-order valence-electron chi connectivity index (χ0n) is 14.0. The molecule has 0 spiro atoms. The standard InChI is InChI=1S/C19H16Cl2N2O3/c1-3-9-26-18-16(21)10-13(11-17(18)25-4-2)12-22-23-19(24)14-5-7-15(20)8-6-14/h1,5-8,10-12H,4,9H2,2H3,(H,23,24)/b22-12+. The summed E-state index contributed by atoms with van der Waals surface area (Å²) in [7, 11) is 0. The number of amides is 1. The molecule has 0 aliphatic heterocycles. The molecule has 0 aliphatic carbocycles. The lowest BCUT2D eigenvalue weighted by atomic mass is 10.2. The van der Waals surface area contributed by atoms with Crippen LogP contribution in [-0.2, 0) is 0 Å². The predicted octanol–water partition coefficient (Wildman–Crippen LogP) is 4.17. The van der Waals surface area contributed by atoms with Crippen molar-refractivity contribution in [3.05, 3.63) is 57.6 Å². The van der Waals surface area contributed by atoms with E-state index in [0.29, 0.717) is 39.3 Å². The van der Waals surface area contributed by atoms with Gasteiger partial charge in [0.05, 0.1) is 17.8 Å². The van der Waals surface area contributed by atoms with E-state index in [1.165, 1.54) is 6.21 Å². The number of halogens is 2. The van der Waals surface area contributed by atoms with Crippen LogP contribution >= 0.6 is 23.2 Å². The van der Waals surface area contributed by atoms with Gasteiger partial charge in [0.2, 0.25) is 0 Å². The van der Waals surface area contributed by atoms with Crippen molar-refractivity contribution in [3.63, 3.8) is 0 Å². The Morgan fingerprint density at radius 3 is 2.65 bits per heavy atom. The molecular weight excluding hydrogens is 375 g/mol. The highest BCUT2D eigenvalue weighted by Gasteiger charge is 2.12. The van der Waals surface area contributed by atoms with Gasteiger partial charge in [0.1, 0.15) is 6.61 Å². The first-order valence-corrected chi connectivity index (χ1v) is 8.42. The Balaban J connectivity index is 2.12. The first-order chi connectivity index (χ1) is 12.5. The average Bonchev–Trinajstić information content (AvgIpc) is 2.62.